The van der Waals surface area contributed by atoms with Gasteiger partial charge in [-0.2, -0.15) is 5.10 Å². The minimum absolute atomic E-state index is 0.0831. The normalized spacial score (nSPS) is 11.5. The number of carbonyl (C=O) groups excluding carboxylic acids is 1. The van der Waals surface area contributed by atoms with Crippen LogP contribution in [0.4, 0.5) is 5.13 Å². The van der Waals surface area contributed by atoms with Gasteiger partial charge in [-0.25, -0.2) is 4.98 Å². The van der Waals surface area contributed by atoms with Gasteiger partial charge in [0, 0.05) is 25.4 Å². The van der Waals surface area contributed by atoms with Gasteiger partial charge in [0.05, 0.1) is 10.2 Å². The van der Waals surface area contributed by atoms with Crippen LogP contribution in [-0.4, -0.2) is 52.8 Å². The maximum atomic E-state index is 13.3. The third-order valence-corrected chi connectivity index (χ3v) is 5.79. The summed E-state index contributed by atoms with van der Waals surface area (Å²) in [5, 5.41) is 5.12. The SMILES string of the molecule is Cc1cn(C)nc1C(=O)N(CCCN(C)C)c1nc2c(C)c(C)ccc2s1. The van der Waals surface area contributed by atoms with Crippen molar-refractivity contribution in [1.29, 1.82) is 0 Å². The van der Waals surface area contributed by atoms with Crippen molar-refractivity contribution in [3.8, 4) is 0 Å². The Kier molecular flexibility index (Phi) is 5.62. The van der Waals surface area contributed by atoms with Crippen molar-refractivity contribution in [2.24, 2.45) is 7.05 Å². The first-order chi connectivity index (χ1) is 12.8. The van der Waals surface area contributed by atoms with Gasteiger partial charge < -0.3 is 4.90 Å². The van der Waals surface area contributed by atoms with Crippen LogP contribution in [0, 0.1) is 20.8 Å². The molecule has 3 rings (SSSR count). The number of aromatic nitrogens is 3. The molecule has 0 spiro atoms. The number of aryl methyl sites for hydroxylation is 4. The highest BCUT2D eigenvalue weighted by molar-refractivity contribution is 7.22. The second-order valence-corrected chi connectivity index (χ2v) is 8.31. The van der Waals surface area contributed by atoms with Gasteiger partial charge in [0.1, 0.15) is 0 Å². The van der Waals surface area contributed by atoms with Crippen molar-refractivity contribution >= 4 is 32.6 Å². The Balaban J connectivity index is 2.00. The zero-order chi connectivity index (χ0) is 19.7. The summed E-state index contributed by atoms with van der Waals surface area (Å²) in [7, 11) is 5.92. The van der Waals surface area contributed by atoms with Gasteiger partial charge >= 0.3 is 0 Å². The van der Waals surface area contributed by atoms with Crippen molar-refractivity contribution in [2.75, 3.05) is 32.1 Å². The molecule has 27 heavy (non-hydrogen) atoms. The molecule has 7 heteroatoms. The Labute approximate surface area is 164 Å². The number of nitrogens with zero attached hydrogens (tertiary/aromatic N) is 5. The van der Waals surface area contributed by atoms with Crippen LogP contribution in [0.25, 0.3) is 10.2 Å². The smallest absolute Gasteiger partial charge is 0.280 e. The molecule has 3 aromatic rings. The van der Waals surface area contributed by atoms with Gasteiger partial charge in [-0.1, -0.05) is 17.4 Å². The number of rotatable bonds is 6. The molecule has 0 saturated heterocycles. The molecule has 1 aromatic carbocycles. The van der Waals surface area contributed by atoms with Crippen molar-refractivity contribution in [1.82, 2.24) is 19.7 Å². The first kappa shape index (κ1) is 19.5. The number of carbonyl (C=O) groups is 1. The van der Waals surface area contributed by atoms with Crippen molar-refractivity contribution in [3.05, 3.63) is 40.7 Å². The van der Waals surface area contributed by atoms with E-state index in [2.05, 4.69) is 36.0 Å². The van der Waals surface area contributed by atoms with Crippen LogP contribution in [0.5, 0.6) is 0 Å². The van der Waals surface area contributed by atoms with E-state index in [4.69, 9.17) is 4.98 Å². The number of benzene rings is 1. The number of fused-ring (bicyclic) bond motifs is 1. The van der Waals surface area contributed by atoms with Crippen LogP contribution in [0.1, 0.15) is 33.6 Å². The van der Waals surface area contributed by atoms with Gasteiger partial charge in [-0.3, -0.25) is 14.4 Å². The summed E-state index contributed by atoms with van der Waals surface area (Å²) in [5.41, 5.74) is 4.75. The summed E-state index contributed by atoms with van der Waals surface area (Å²) < 4.78 is 2.79. The number of thiazole rings is 1. The fourth-order valence-corrected chi connectivity index (χ4v) is 4.15. The van der Waals surface area contributed by atoms with Crippen LogP contribution in [-0.2, 0) is 7.05 Å². The van der Waals surface area contributed by atoms with Crippen molar-refractivity contribution < 1.29 is 4.79 Å². The first-order valence-electron chi connectivity index (χ1n) is 9.11. The van der Waals surface area contributed by atoms with E-state index in [-0.39, 0.29) is 5.91 Å². The lowest BCUT2D eigenvalue weighted by molar-refractivity contribution is 0.0980. The van der Waals surface area contributed by atoms with E-state index >= 15 is 0 Å². The lowest BCUT2D eigenvalue weighted by Gasteiger charge is -2.20. The average molecular weight is 386 g/mol. The zero-order valence-corrected chi connectivity index (χ0v) is 17.7. The third kappa shape index (κ3) is 4.04. The molecule has 0 atom stereocenters. The highest BCUT2D eigenvalue weighted by Crippen LogP contribution is 2.32. The lowest BCUT2D eigenvalue weighted by atomic mass is 10.1. The van der Waals surface area contributed by atoms with E-state index in [1.54, 1.807) is 20.9 Å². The quantitative estimate of drug-likeness (QED) is 0.651. The average Bonchev–Trinajstić information content (AvgIpc) is 3.17. The molecule has 0 bridgehead atoms. The van der Waals surface area contributed by atoms with Crippen LogP contribution < -0.4 is 4.90 Å². The maximum Gasteiger partial charge on any atom is 0.280 e. The van der Waals surface area contributed by atoms with Gasteiger partial charge in [0.2, 0.25) is 0 Å². The summed E-state index contributed by atoms with van der Waals surface area (Å²) in [6.07, 6.45) is 2.75. The standard InChI is InChI=1S/C20H27N5OS/c1-13-8-9-16-18(15(13)3)21-20(27-16)25(11-7-10-23(4)5)19(26)17-14(2)12-24(6)22-17/h8-9,12H,7,10-11H2,1-6H3. The Bertz CT molecular complexity index is 972. The van der Waals surface area contributed by atoms with E-state index in [1.165, 1.54) is 11.1 Å². The Hall–Kier alpha value is -2.25. The van der Waals surface area contributed by atoms with E-state index in [0.717, 1.165) is 33.9 Å². The van der Waals surface area contributed by atoms with E-state index in [0.29, 0.717) is 12.2 Å². The largest absolute Gasteiger partial charge is 0.309 e. The molecule has 1 amide bonds. The summed E-state index contributed by atoms with van der Waals surface area (Å²) in [6, 6.07) is 4.20. The predicted octanol–water partition coefficient (Wildman–Crippen LogP) is 3.55. The molecule has 0 N–H and O–H groups in total. The molecule has 2 heterocycles. The number of anilines is 1. The summed E-state index contributed by atoms with van der Waals surface area (Å²) in [5.74, 6) is -0.0831. The zero-order valence-electron chi connectivity index (χ0n) is 16.9. The second kappa shape index (κ2) is 7.78. The highest BCUT2D eigenvalue weighted by atomic mass is 32.1. The fourth-order valence-electron chi connectivity index (χ4n) is 3.11. The summed E-state index contributed by atoms with van der Waals surface area (Å²) in [4.78, 5) is 22.0. The Morgan fingerprint density at radius 1 is 1.15 bits per heavy atom. The van der Waals surface area contributed by atoms with Gasteiger partial charge in [0.25, 0.3) is 5.91 Å². The molecular formula is C20H27N5OS. The summed E-state index contributed by atoms with van der Waals surface area (Å²) in [6.45, 7) is 7.62. The molecule has 6 nitrogen and oxygen atoms in total. The summed E-state index contributed by atoms with van der Waals surface area (Å²) >= 11 is 1.57. The van der Waals surface area contributed by atoms with Gasteiger partial charge in [-0.05, 0) is 65.0 Å². The van der Waals surface area contributed by atoms with Gasteiger partial charge in [-0.15, -0.1) is 0 Å². The van der Waals surface area contributed by atoms with Gasteiger partial charge in [0.15, 0.2) is 10.8 Å². The molecule has 0 aliphatic heterocycles. The van der Waals surface area contributed by atoms with Crippen molar-refractivity contribution in [2.45, 2.75) is 27.2 Å². The molecule has 0 saturated carbocycles. The van der Waals surface area contributed by atoms with Crippen LogP contribution in [0.2, 0.25) is 0 Å². The molecule has 0 unspecified atom stereocenters. The van der Waals surface area contributed by atoms with Crippen LogP contribution >= 0.6 is 11.3 Å². The lowest BCUT2D eigenvalue weighted by Crippen LogP contribution is -2.34. The third-order valence-electron chi connectivity index (χ3n) is 4.75. The molecular weight excluding hydrogens is 358 g/mol. The minimum Gasteiger partial charge on any atom is -0.309 e. The van der Waals surface area contributed by atoms with E-state index in [1.807, 2.05) is 34.3 Å². The van der Waals surface area contributed by atoms with E-state index in [9.17, 15) is 4.79 Å². The van der Waals surface area contributed by atoms with Crippen LogP contribution in [0.15, 0.2) is 18.3 Å². The van der Waals surface area contributed by atoms with Crippen molar-refractivity contribution in [3.63, 3.8) is 0 Å². The second-order valence-electron chi connectivity index (χ2n) is 7.30. The molecule has 0 aliphatic rings. The van der Waals surface area contributed by atoms with E-state index < -0.39 is 0 Å². The predicted molar refractivity (Wildman–Crippen MR) is 112 cm³/mol. The first-order valence-corrected chi connectivity index (χ1v) is 9.93. The molecule has 0 radical (unpaired) electrons. The fraction of sp³-hybridized carbons (Fsp3) is 0.450. The molecule has 0 fully saturated rings. The topological polar surface area (TPSA) is 54.3 Å². The monoisotopic (exact) mass is 385 g/mol. The Morgan fingerprint density at radius 3 is 2.52 bits per heavy atom. The van der Waals surface area contributed by atoms with Crippen LogP contribution in [0.3, 0.4) is 0 Å². The number of hydrogen-bond acceptors (Lipinski definition) is 5. The molecule has 144 valence electrons. The number of hydrogen-bond donors (Lipinski definition) is 0. The Morgan fingerprint density at radius 2 is 1.89 bits per heavy atom. The minimum atomic E-state index is -0.0831. The highest BCUT2D eigenvalue weighted by Gasteiger charge is 2.25. The maximum absolute atomic E-state index is 13.3. The number of amides is 1. The molecule has 0 aliphatic carbocycles. The molecule has 2 aromatic heterocycles.